The molecule has 5 rings (SSSR count). The van der Waals surface area contributed by atoms with Crippen molar-refractivity contribution in [3.05, 3.63) is 112 Å². The molecule has 0 aliphatic carbocycles. The van der Waals surface area contributed by atoms with Crippen LogP contribution in [0.2, 0.25) is 0 Å². The van der Waals surface area contributed by atoms with Gasteiger partial charge in [0.1, 0.15) is 0 Å². The van der Waals surface area contributed by atoms with Crippen LogP contribution in [0.3, 0.4) is 0 Å². The number of hydrogen-bond acceptors (Lipinski definition) is 2. The van der Waals surface area contributed by atoms with E-state index in [1.165, 1.54) is 12.1 Å². The molecule has 0 bridgehead atoms. The van der Waals surface area contributed by atoms with Crippen molar-refractivity contribution in [1.29, 1.82) is 0 Å². The molecular formula is C29H27F3N4S. The average Bonchev–Trinajstić information content (AvgIpc) is 3.33. The van der Waals surface area contributed by atoms with E-state index in [1.807, 2.05) is 52.0 Å². The number of halogens is 3. The van der Waals surface area contributed by atoms with Gasteiger partial charge in [-0.05, 0) is 99.1 Å². The molecular weight excluding hydrogens is 493 g/mol. The zero-order valence-corrected chi connectivity index (χ0v) is 21.8. The fraction of sp³-hybridized carbons (Fsp3) is 0.241. The lowest BCUT2D eigenvalue weighted by Gasteiger charge is -2.29. The van der Waals surface area contributed by atoms with Gasteiger partial charge in [-0.1, -0.05) is 24.3 Å². The van der Waals surface area contributed by atoms with Crippen LogP contribution in [0.4, 0.5) is 18.9 Å². The van der Waals surface area contributed by atoms with Gasteiger partial charge < -0.3 is 14.8 Å². The van der Waals surface area contributed by atoms with Gasteiger partial charge in [0.2, 0.25) is 0 Å². The van der Waals surface area contributed by atoms with E-state index in [9.17, 15) is 13.2 Å². The van der Waals surface area contributed by atoms with Crippen LogP contribution in [-0.4, -0.2) is 14.7 Å². The highest BCUT2D eigenvalue weighted by atomic mass is 32.1. The van der Waals surface area contributed by atoms with Gasteiger partial charge in [0.05, 0.1) is 29.0 Å². The topological polar surface area (TPSA) is 33.1 Å². The summed E-state index contributed by atoms with van der Waals surface area (Å²) in [4.78, 5) is 6.66. The van der Waals surface area contributed by atoms with Crippen LogP contribution >= 0.6 is 12.2 Å². The molecule has 2 atom stereocenters. The summed E-state index contributed by atoms with van der Waals surface area (Å²) in [5.74, 6) is 0. The Morgan fingerprint density at radius 2 is 1.57 bits per heavy atom. The Hall–Kier alpha value is -3.65. The third-order valence-corrected chi connectivity index (χ3v) is 7.14. The predicted octanol–water partition coefficient (Wildman–Crippen LogP) is 7.30. The smallest absolute Gasteiger partial charge is 0.351 e. The van der Waals surface area contributed by atoms with E-state index in [2.05, 4.69) is 33.4 Å². The number of anilines is 1. The maximum atomic E-state index is 13.9. The van der Waals surface area contributed by atoms with Crippen molar-refractivity contribution in [3.8, 4) is 5.69 Å². The summed E-state index contributed by atoms with van der Waals surface area (Å²) in [6.07, 6.45) is -2.74. The maximum absolute atomic E-state index is 13.9. The van der Waals surface area contributed by atoms with Crippen molar-refractivity contribution in [2.24, 2.45) is 0 Å². The second kappa shape index (κ2) is 9.34. The number of thiocarbonyl (C=S) groups is 1. The number of pyridine rings is 1. The Balaban J connectivity index is 1.72. The molecule has 190 valence electrons. The van der Waals surface area contributed by atoms with Gasteiger partial charge in [-0.15, -0.1) is 0 Å². The summed E-state index contributed by atoms with van der Waals surface area (Å²) >= 11 is 5.84. The quantitative estimate of drug-likeness (QED) is 0.286. The number of aryl methyl sites for hydroxylation is 3. The molecule has 1 N–H and O–H groups in total. The second-order valence-corrected chi connectivity index (χ2v) is 9.91. The zero-order valence-electron chi connectivity index (χ0n) is 21.0. The molecule has 4 aromatic rings. The number of rotatable bonds is 4. The van der Waals surface area contributed by atoms with Crippen LogP contribution in [0.25, 0.3) is 5.69 Å². The largest absolute Gasteiger partial charge is 0.418 e. The summed E-state index contributed by atoms with van der Waals surface area (Å²) in [7, 11) is 0. The lowest BCUT2D eigenvalue weighted by atomic mass is 9.96. The zero-order chi connectivity index (χ0) is 26.5. The highest BCUT2D eigenvalue weighted by molar-refractivity contribution is 7.80. The van der Waals surface area contributed by atoms with Gasteiger partial charge in [0.25, 0.3) is 0 Å². The van der Waals surface area contributed by atoms with Gasteiger partial charge in [0.15, 0.2) is 5.11 Å². The molecule has 0 radical (unpaired) electrons. The van der Waals surface area contributed by atoms with Crippen LogP contribution in [0.15, 0.2) is 72.9 Å². The molecule has 4 nitrogen and oxygen atoms in total. The SMILES string of the molecule is Cc1cc(C)cc(N2C(=S)N[C@@H](c3ccccn3)[C@@H]2c2cc(C)n(-c3ccccc3C(F)(F)F)c2C)c1. The van der Waals surface area contributed by atoms with E-state index in [0.29, 0.717) is 10.8 Å². The molecule has 1 fully saturated rings. The Labute approximate surface area is 219 Å². The Morgan fingerprint density at radius 1 is 0.892 bits per heavy atom. The Bertz CT molecular complexity index is 1460. The molecule has 37 heavy (non-hydrogen) atoms. The van der Waals surface area contributed by atoms with E-state index in [0.717, 1.165) is 39.8 Å². The third-order valence-electron chi connectivity index (χ3n) is 6.82. The maximum Gasteiger partial charge on any atom is 0.418 e. The summed E-state index contributed by atoms with van der Waals surface area (Å²) in [5.41, 5.74) is 5.69. The van der Waals surface area contributed by atoms with Crippen LogP contribution < -0.4 is 10.2 Å². The first kappa shape index (κ1) is 25.0. The molecule has 0 amide bonds. The number of aromatic nitrogens is 2. The minimum Gasteiger partial charge on any atom is -0.351 e. The summed E-state index contributed by atoms with van der Waals surface area (Å²) in [6, 6.07) is 19.0. The Morgan fingerprint density at radius 3 is 2.22 bits per heavy atom. The van der Waals surface area contributed by atoms with Crippen molar-refractivity contribution in [2.45, 2.75) is 46.0 Å². The highest BCUT2D eigenvalue weighted by Gasteiger charge is 2.43. The number of alkyl halides is 3. The van der Waals surface area contributed by atoms with Crippen LogP contribution in [-0.2, 0) is 6.18 Å². The fourth-order valence-corrected chi connectivity index (χ4v) is 5.75. The first-order valence-corrected chi connectivity index (χ1v) is 12.4. The van der Waals surface area contributed by atoms with E-state index in [-0.39, 0.29) is 17.8 Å². The lowest BCUT2D eigenvalue weighted by Crippen LogP contribution is -2.29. The van der Waals surface area contributed by atoms with E-state index >= 15 is 0 Å². The molecule has 1 aliphatic heterocycles. The van der Waals surface area contributed by atoms with Crippen molar-refractivity contribution < 1.29 is 13.2 Å². The molecule has 1 saturated heterocycles. The average molecular weight is 521 g/mol. The summed E-state index contributed by atoms with van der Waals surface area (Å²) < 4.78 is 43.5. The first-order valence-electron chi connectivity index (χ1n) is 12.0. The van der Waals surface area contributed by atoms with Crippen LogP contribution in [0.1, 0.15) is 51.4 Å². The fourth-order valence-electron chi connectivity index (χ4n) is 5.40. The molecule has 3 heterocycles. The van der Waals surface area contributed by atoms with E-state index in [1.54, 1.807) is 16.8 Å². The van der Waals surface area contributed by atoms with Gasteiger partial charge in [0, 0.05) is 23.3 Å². The second-order valence-electron chi connectivity index (χ2n) is 9.52. The number of nitrogens with one attached hydrogen (secondary N) is 1. The lowest BCUT2D eigenvalue weighted by molar-refractivity contribution is -0.137. The molecule has 2 aromatic carbocycles. The molecule has 1 aliphatic rings. The molecule has 0 spiro atoms. The number of para-hydroxylation sites is 1. The number of benzene rings is 2. The normalized spacial score (nSPS) is 17.8. The van der Waals surface area contributed by atoms with E-state index in [4.69, 9.17) is 12.2 Å². The summed E-state index contributed by atoms with van der Waals surface area (Å²) in [6.45, 7) is 7.77. The molecule has 8 heteroatoms. The highest BCUT2D eigenvalue weighted by Crippen LogP contribution is 2.45. The number of nitrogens with zero attached hydrogens (tertiary/aromatic N) is 3. The molecule has 2 aromatic heterocycles. The standard InChI is InChI=1S/C29H27F3N4S/c1-17-13-18(2)15-21(14-17)36-27(26(34-28(36)37)24-10-7-8-12-33-24)22-16-19(3)35(20(22)4)25-11-6-5-9-23(25)29(30,31)32/h5-16,26-27H,1-4H3,(H,34,37)/t26-,27-/m0/s1. The summed E-state index contributed by atoms with van der Waals surface area (Å²) in [5, 5.41) is 3.99. The van der Waals surface area contributed by atoms with Crippen LogP contribution in [0.5, 0.6) is 0 Å². The van der Waals surface area contributed by atoms with Gasteiger partial charge in [-0.3, -0.25) is 4.98 Å². The van der Waals surface area contributed by atoms with Gasteiger partial charge in [-0.2, -0.15) is 13.2 Å². The van der Waals surface area contributed by atoms with Gasteiger partial charge >= 0.3 is 6.18 Å². The van der Waals surface area contributed by atoms with Gasteiger partial charge in [-0.25, -0.2) is 0 Å². The van der Waals surface area contributed by atoms with Crippen molar-refractivity contribution in [3.63, 3.8) is 0 Å². The van der Waals surface area contributed by atoms with Crippen molar-refractivity contribution >= 4 is 23.0 Å². The van der Waals surface area contributed by atoms with Crippen molar-refractivity contribution in [2.75, 3.05) is 4.90 Å². The molecule has 0 saturated carbocycles. The molecule has 0 unspecified atom stereocenters. The van der Waals surface area contributed by atoms with E-state index < -0.39 is 11.7 Å². The number of hydrogen-bond donors (Lipinski definition) is 1. The predicted molar refractivity (Wildman–Crippen MR) is 144 cm³/mol. The Kier molecular flexibility index (Phi) is 6.31. The minimum absolute atomic E-state index is 0.108. The van der Waals surface area contributed by atoms with Crippen molar-refractivity contribution in [1.82, 2.24) is 14.9 Å². The monoisotopic (exact) mass is 520 g/mol. The van der Waals surface area contributed by atoms with Crippen LogP contribution in [0, 0.1) is 27.7 Å². The first-order chi connectivity index (χ1) is 17.6. The third kappa shape index (κ3) is 4.50. The minimum atomic E-state index is -4.47.